The van der Waals surface area contributed by atoms with E-state index in [1.807, 2.05) is 6.92 Å². The van der Waals surface area contributed by atoms with Gasteiger partial charge in [0.2, 0.25) is 0 Å². The highest BCUT2D eigenvalue weighted by Crippen LogP contribution is 2.05. The molecular weight excluding hydrogens is 140 g/mol. The maximum atomic E-state index is 7.59. The molecule has 1 unspecified atom stereocenters. The fourth-order valence-corrected chi connectivity index (χ4v) is 1.29. The highest BCUT2D eigenvalue weighted by atomic mass is 16.5. The Morgan fingerprint density at radius 3 is 3.00 bits per heavy atom. The maximum Gasteiger partial charge on any atom is 0.0956 e. The van der Waals surface area contributed by atoms with Gasteiger partial charge in [-0.3, -0.25) is 5.41 Å². The Labute approximate surface area is 67.8 Å². The first kappa shape index (κ1) is 8.53. The van der Waals surface area contributed by atoms with Crippen LogP contribution in [-0.4, -0.2) is 36.5 Å². The van der Waals surface area contributed by atoms with Gasteiger partial charge in [0, 0.05) is 19.5 Å². The predicted molar refractivity (Wildman–Crippen MR) is 45.0 cm³/mol. The van der Waals surface area contributed by atoms with E-state index >= 15 is 0 Å². The Hall–Kier alpha value is -0.570. The standard InChI is InChI=1S/C8H16N2O/c1-3-8(9)10-4-5-11-7(2)6-10/h7,9H,3-6H2,1-2H3. The van der Waals surface area contributed by atoms with Crippen LogP contribution in [0.2, 0.25) is 0 Å². The van der Waals surface area contributed by atoms with Crippen LogP contribution in [0.3, 0.4) is 0 Å². The molecule has 1 rings (SSSR count). The van der Waals surface area contributed by atoms with Crippen molar-refractivity contribution >= 4 is 5.84 Å². The fraction of sp³-hybridized carbons (Fsp3) is 0.875. The van der Waals surface area contributed by atoms with Crippen LogP contribution < -0.4 is 0 Å². The molecule has 64 valence electrons. The topological polar surface area (TPSA) is 36.3 Å². The van der Waals surface area contributed by atoms with E-state index in [2.05, 4.69) is 11.8 Å². The smallest absolute Gasteiger partial charge is 0.0956 e. The largest absolute Gasteiger partial charge is 0.375 e. The molecule has 0 aromatic carbocycles. The first-order chi connectivity index (χ1) is 5.24. The fourth-order valence-electron chi connectivity index (χ4n) is 1.29. The monoisotopic (exact) mass is 156 g/mol. The van der Waals surface area contributed by atoms with E-state index < -0.39 is 0 Å². The number of morpholine rings is 1. The van der Waals surface area contributed by atoms with E-state index in [1.54, 1.807) is 0 Å². The first-order valence-corrected chi connectivity index (χ1v) is 4.18. The van der Waals surface area contributed by atoms with Crippen LogP contribution in [0.4, 0.5) is 0 Å². The van der Waals surface area contributed by atoms with Gasteiger partial charge < -0.3 is 9.64 Å². The lowest BCUT2D eigenvalue weighted by molar-refractivity contribution is 0.00495. The van der Waals surface area contributed by atoms with Crippen molar-refractivity contribution in [3.8, 4) is 0 Å². The number of rotatable bonds is 1. The molecule has 1 fully saturated rings. The molecule has 11 heavy (non-hydrogen) atoms. The summed E-state index contributed by atoms with van der Waals surface area (Å²) in [5, 5.41) is 7.59. The molecule has 1 aliphatic heterocycles. The minimum atomic E-state index is 0.288. The van der Waals surface area contributed by atoms with Gasteiger partial charge in [0.25, 0.3) is 0 Å². The second kappa shape index (κ2) is 3.72. The van der Waals surface area contributed by atoms with E-state index in [0.717, 1.165) is 32.0 Å². The Bertz CT molecular complexity index is 147. The van der Waals surface area contributed by atoms with Crippen molar-refractivity contribution in [3.05, 3.63) is 0 Å². The van der Waals surface area contributed by atoms with Crippen molar-refractivity contribution in [3.63, 3.8) is 0 Å². The van der Waals surface area contributed by atoms with Crippen LogP contribution in [0.5, 0.6) is 0 Å². The zero-order chi connectivity index (χ0) is 8.27. The number of amidine groups is 1. The molecule has 1 aliphatic rings. The quantitative estimate of drug-likeness (QED) is 0.456. The minimum absolute atomic E-state index is 0.288. The zero-order valence-corrected chi connectivity index (χ0v) is 7.26. The van der Waals surface area contributed by atoms with Crippen molar-refractivity contribution in [2.75, 3.05) is 19.7 Å². The van der Waals surface area contributed by atoms with Gasteiger partial charge in [-0.05, 0) is 6.92 Å². The van der Waals surface area contributed by atoms with E-state index in [9.17, 15) is 0 Å². The summed E-state index contributed by atoms with van der Waals surface area (Å²) in [6.45, 7) is 6.60. The lowest BCUT2D eigenvalue weighted by Gasteiger charge is -2.32. The number of nitrogens with zero attached hydrogens (tertiary/aromatic N) is 1. The summed E-state index contributed by atoms with van der Waals surface area (Å²) >= 11 is 0. The van der Waals surface area contributed by atoms with Gasteiger partial charge in [-0.1, -0.05) is 6.92 Å². The van der Waals surface area contributed by atoms with E-state index in [-0.39, 0.29) is 6.10 Å². The molecule has 1 atom stereocenters. The van der Waals surface area contributed by atoms with E-state index in [0.29, 0.717) is 0 Å². The third-order valence-electron chi connectivity index (χ3n) is 1.96. The maximum absolute atomic E-state index is 7.59. The Morgan fingerprint density at radius 1 is 1.73 bits per heavy atom. The van der Waals surface area contributed by atoms with Crippen molar-refractivity contribution in [2.45, 2.75) is 26.4 Å². The Balaban J connectivity index is 2.39. The van der Waals surface area contributed by atoms with Gasteiger partial charge in [-0.2, -0.15) is 0 Å². The lowest BCUT2D eigenvalue weighted by Crippen LogP contribution is -2.43. The number of nitrogens with one attached hydrogen (secondary N) is 1. The molecule has 0 radical (unpaired) electrons. The van der Waals surface area contributed by atoms with Crippen LogP contribution in [0.1, 0.15) is 20.3 Å². The average Bonchev–Trinajstić information content (AvgIpc) is 2.03. The average molecular weight is 156 g/mol. The van der Waals surface area contributed by atoms with Crippen LogP contribution >= 0.6 is 0 Å². The number of hydrogen-bond acceptors (Lipinski definition) is 2. The van der Waals surface area contributed by atoms with Crippen LogP contribution in [-0.2, 0) is 4.74 Å². The summed E-state index contributed by atoms with van der Waals surface area (Å²) in [6, 6.07) is 0. The summed E-state index contributed by atoms with van der Waals surface area (Å²) in [5.74, 6) is 0.736. The molecule has 3 heteroatoms. The van der Waals surface area contributed by atoms with E-state index in [1.165, 1.54) is 0 Å². The Kier molecular flexibility index (Phi) is 2.88. The molecular formula is C8H16N2O. The van der Waals surface area contributed by atoms with Gasteiger partial charge in [0.05, 0.1) is 18.5 Å². The molecule has 0 bridgehead atoms. The molecule has 0 amide bonds. The van der Waals surface area contributed by atoms with Crippen LogP contribution in [0.15, 0.2) is 0 Å². The third kappa shape index (κ3) is 2.19. The van der Waals surface area contributed by atoms with Gasteiger partial charge >= 0.3 is 0 Å². The molecule has 0 saturated carbocycles. The summed E-state index contributed by atoms with van der Waals surface area (Å²) in [7, 11) is 0. The van der Waals surface area contributed by atoms with Crippen molar-refractivity contribution < 1.29 is 4.74 Å². The summed E-state index contributed by atoms with van der Waals surface area (Å²) in [4.78, 5) is 2.09. The minimum Gasteiger partial charge on any atom is -0.375 e. The van der Waals surface area contributed by atoms with Gasteiger partial charge in [-0.25, -0.2) is 0 Å². The molecule has 0 aromatic heterocycles. The number of hydrogen-bond donors (Lipinski definition) is 1. The summed E-state index contributed by atoms with van der Waals surface area (Å²) in [6.07, 6.45) is 1.11. The van der Waals surface area contributed by atoms with Gasteiger partial charge in [0.15, 0.2) is 0 Å². The zero-order valence-electron chi connectivity index (χ0n) is 7.26. The van der Waals surface area contributed by atoms with Crippen molar-refractivity contribution in [1.29, 1.82) is 5.41 Å². The lowest BCUT2D eigenvalue weighted by atomic mass is 10.3. The van der Waals surface area contributed by atoms with Crippen molar-refractivity contribution in [1.82, 2.24) is 4.90 Å². The second-order valence-corrected chi connectivity index (χ2v) is 2.93. The first-order valence-electron chi connectivity index (χ1n) is 4.18. The van der Waals surface area contributed by atoms with E-state index in [4.69, 9.17) is 10.1 Å². The molecule has 1 N–H and O–H groups in total. The SMILES string of the molecule is CCC(=N)N1CCOC(C)C1. The molecule has 0 spiro atoms. The normalized spacial score (nSPS) is 25.3. The summed E-state index contributed by atoms with van der Waals surface area (Å²) < 4.78 is 5.36. The second-order valence-electron chi connectivity index (χ2n) is 2.93. The highest BCUT2D eigenvalue weighted by molar-refractivity contribution is 5.78. The van der Waals surface area contributed by atoms with Crippen LogP contribution in [0.25, 0.3) is 0 Å². The van der Waals surface area contributed by atoms with Crippen molar-refractivity contribution in [2.24, 2.45) is 0 Å². The molecule has 0 aliphatic carbocycles. The third-order valence-corrected chi connectivity index (χ3v) is 1.96. The Morgan fingerprint density at radius 2 is 2.45 bits per heavy atom. The number of ether oxygens (including phenoxy) is 1. The molecule has 3 nitrogen and oxygen atoms in total. The molecule has 0 aromatic rings. The highest BCUT2D eigenvalue weighted by Gasteiger charge is 2.17. The predicted octanol–water partition coefficient (Wildman–Crippen LogP) is 1.09. The van der Waals surface area contributed by atoms with Gasteiger partial charge in [-0.15, -0.1) is 0 Å². The summed E-state index contributed by atoms with van der Waals surface area (Å²) in [5.41, 5.74) is 0. The van der Waals surface area contributed by atoms with Crippen LogP contribution in [0, 0.1) is 5.41 Å². The molecule has 1 saturated heterocycles. The molecule has 1 heterocycles. The van der Waals surface area contributed by atoms with Gasteiger partial charge in [0.1, 0.15) is 0 Å².